The number of rotatable bonds is 8. The van der Waals surface area contributed by atoms with E-state index in [4.69, 9.17) is 9.15 Å². The van der Waals surface area contributed by atoms with Gasteiger partial charge < -0.3 is 14.5 Å². The van der Waals surface area contributed by atoms with Gasteiger partial charge in [0.1, 0.15) is 5.76 Å². The Kier molecular flexibility index (Phi) is 4.51. The molecule has 19 heavy (non-hydrogen) atoms. The third kappa shape index (κ3) is 4.32. The Hall–Kier alpha value is -0.870. The van der Waals surface area contributed by atoms with Crippen LogP contribution in [0, 0.1) is 0 Å². The van der Waals surface area contributed by atoms with Crippen molar-refractivity contribution in [3.8, 4) is 0 Å². The summed E-state index contributed by atoms with van der Waals surface area (Å²) in [6.45, 7) is 2.01. The zero-order valence-electron chi connectivity index (χ0n) is 11.6. The molecule has 2 fully saturated rings. The van der Waals surface area contributed by atoms with Crippen LogP contribution in [-0.2, 0) is 17.6 Å². The molecule has 0 radical (unpaired) electrons. The minimum Gasteiger partial charge on any atom is -0.446 e. The maximum absolute atomic E-state index is 5.77. The minimum absolute atomic E-state index is 0.441. The first-order valence-electron chi connectivity index (χ1n) is 7.69. The second kappa shape index (κ2) is 6.53. The van der Waals surface area contributed by atoms with Crippen molar-refractivity contribution in [2.75, 3.05) is 13.2 Å². The molecule has 1 aliphatic heterocycles. The summed E-state index contributed by atoms with van der Waals surface area (Å²) < 4.78 is 11.4. The fraction of sp³-hybridized carbons (Fsp3) is 0.800. The molecule has 0 spiro atoms. The maximum Gasteiger partial charge on any atom is 0.194 e. The first-order chi connectivity index (χ1) is 9.40. The van der Waals surface area contributed by atoms with E-state index in [1.807, 2.05) is 6.20 Å². The Morgan fingerprint density at radius 3 is 3.00 bits per heavy atom. The van der Waals surface area contributed by atoms with Gasteiger partial charge in [0, 0.05) is 25.5 Å². The van der Waals surface area contributed by atoms with Gasteiger partial charge in [-0.25, -0.2) is 4.98 Å². The SMILES string of the molecule is c1nc(CCCNC2CC2)oc1CCC1CCCO1. The highest BCUT2D eigenvalue weighted by Gasteiger charge is 2.19. The highest BCUT2D eigenvalue weighted by atomic mass is 16.5. The average Bonchev–Trinajstić information content (AvgIpc) is 2.92. The number of hydrogen-bond donors (Lipinski definition) is 1. The van der Waals surface area contributed by atoms with Gasteiger partial charge >= 0.3 is 0 Å². The highest BCUT2D eigenvalue weighted by molar-refractivity contribution is 4.95. The van der Waals surface area contributed by atoms with Crippen LogP contribution < -0.4 is 5.32 Å². The van der Waals surface area contributed by atoms with E-state index in [1.165, 1.54) is 25.7 Å². The van der Waals surface area contributed by atoms with Crippen LogP contribution in [0.15, 0.2) is 10.6 Å². The normalized spacial score (nSPS) is 23.1. The third-order valence-electron chi connectivity index (χ3n) is 3.92. The Labute approximate surface area is 114 Å². The number of ether oxygens (including phenoxy) is 1. The van der Waals surface area contributed by atoms with E-state index >= 15 is 0 Å². The Morgan fingerprint density at radius 1 is 1.26 bits per heavy atom. The number of aromatic nitrogens is 1. The molecule has 2 aliphatic rings. The summed E-state index contributed by atoms with van der Waals surface area (Å²) >= 11 is 0. The van der Waals surface area contributed by atoms with Crippen LogP contribution in [0.5, 0.6) is 0 Å². The van der Waals surface area contributed by atoms with Gasteiger partial charge in [-0.15, -0.1) is 0 Å². The summed E-state index contributed by atoms with van der Waals surface area (Å²) in [5, 5.41) is 3.51. The molecule has 1 aliphatic carbocycles. The maximum atomic E-state index is 5.77. The van der Waals surface area contributed by atoms with Gasteiger partial charge in [0.2, 0.25) is 0 Å². The number of aryl methyl sites for hydroxylation is 2. The highest BCUT2D eigenvalue weighted by Crippen LogP contribution is 2.19. The zero-order chi connectivity index (χ0) is 12.9. The van der Waals surface area contributed by atoms with Crippen LogP contribution in [0.1, 0.15) is 50.2 Å². The molecule has 1 saturated heterocycles. The van der Waals surface area contributed by atoms with E-state index in [9.17, 15) is 0 Å². The number of nitrogens with one attached hydrogen (secondary N) is 1. The van der Waals surface area contributed by atoms with Crippen LogP contribution >= 0.6 is 0 Å². The van der Waals surface area contributed by atoms with Gasteiger partial charge in [-0.3, -0.25) is 0 Å². The van der Waals surface area contributed by atoms with Crippen LogP contribution in [-0.4, -0.2) is 30.3 Å². The van der Waals surface area contributed by atoms with Gasteiger partial charge in [0.25, 0.3) is 0 Å². The molecule has 1 unspecified atom stereocenters. The molecule has 1 aromatic heterocycles. The molecule has 1 atom stereocenters. The molecular weight excluding hydrogens is 240 g/mol. The average molecular weight is 264 g/mol. The Bertz CT molecular complexity index is 381. The van der Waals surface area contributed by atoms with Crippen molar-refractivity contribution in [3.63, 3.8) is 0 Å². The first kappa shape index (κ1) is 13.1. The van der Waals surface area contributed by atoms with Gasteiger partial charge in [0.15, 0.2) is 5.89 Å². The zero-order valence-corrected chi connectivity index (χ0v) is 11.6. The van der Waals surface area contributed by atoms with Crippen LogP contribution in [0.3, 0.4) is 0 Å². The molecule has 106 valence electrons. The molecule has 4 heteroatoms. The number of oxazole rings is 1. The molecule has 0 amide bonds. The van der Waals surface area contributed by atoms with Crippen molar-refractivity contribution in [1.82, 2.24) is 10.3 Å². The molecule has 0 aromatic carbocycles. The van der Waals surface area contributed by atoms with Gasteiger partial charge in [-0.1, -0.05) is 0 Å². The Balaban J connectivity index is 1.33. The van der Waals surface area contributed by atoms with E-state index in [1.54, 1.807) is 0 Å². The van der Waals surface area contributed by atoms with Crippen molar-refractivity contribution in [3.05, 3.63) is 17.8 Å². The Morgan fingerprint density at radius 2 is 2.21 bits per heavy atom. The van der Waals surface area contributed by atoms with Gasteiger partial charge in [0.05, 0.1) is 12.3 Å². The standard InChI is InChI=1S/C15H24N2O2/c1(9-16-12-5-6-12)4-15-17-11-14(19-15)8-7-13-3-2-10-18-13/h11-13,16H,1-10H2. The van der Waals surface area contributed by atoms with Crippen molar-refractivity contribution >= 4 is 0 Å². The molecule has 4 nitrogen and oxygen atoms in total. The van der Waals surface area contributed by atoms with Crippen molar-refractivity contribution in [1.29, 1.82) is 0 Å². The summed E-state index contributed by atoms with van der Waals surface area (Å²) in [5.41, 5.74) is 0. The number of nitrogens with zero attached hydrogens (tertiary/aromatic N) is 1. The summed E-state index contributed by atoms with van der Waals surface area (Å²) in [6.07, 6.45) is 11.5. The molecule has 0 bridgehead atoms. The van der Waals surface area contributed by atoms with Crippen molar-refractivity contribution in [2.24, 2.45) is 0 Å². The summed E-state index contributed by atoms with van der Waals surface area (Å²) in [4.78, 5) is 4.36. The van der Waals surface area contributed by atoms with Crippen LogP contribution in [0.2, 0.25) is 0 Å². The molecule has 3 rings (SSSR count). The van der Waals surface area contributed by atoms with Gasteiger partial charge in [-0.05, 0) is 45.1 Å². The van der Waals surface area contributed by atoms with Crippen molar-refractivity contribution in [2.45, 2.75) is 63.5 Å². The largest absolute Gasteiger partial charge is 0.446 e. The number of hydrogen-bond acceptors (Lipinski definition) is 4. The van der Waals surface area contributed by atoms with E-state index in [0.717, 1.165) is 56.5 Å². The smallest absolute Gasteiger partial charge is 0.194 e. The monoisotopic (exact) mass is 264 g/mol. The quantitative estimate of drug-likeness (QED) is 0.733. The fourth-order valence-electron chi connectivity index (χ4n) is 2.59. The lowest BCUT2D eigenvalue weighted by atomic mass is 10.1. The molecule has 2 heterocycles. The molecule has 1 saturated carbocycles. The third-order valence-corrected chi connectivity index (χ3v) is 3.92. The van der Waals surface area contributed by atoms with Crippen LogP contribution in [0.25, 0.3) is 0 Å². The van der Waals surface area contributed by atoms with E-state index < -0.39 is 0 Å². The van der Waals surface area contributed by atoms with E-state index in [-0.39, 0.29) is 0 Å². The lowest BCUT2D eigenvalue weighted by Crippen LogP contribution is -2.17. The second-order valence-corrected chi connectivity index (χ2v) is 5.73. The second-order valence-electron chi connectivity index (χ2n) is 5.73. The van der Waals surface area contributed by atoms with Gasteiger partial charge in [-0.2, -0.15) is 0 Å². The molecule has 1 N–H and O–H groups in total. The summed E-state index contributed by atoms with van der Waals surface area (Å²) in [6, 6.07) is 0.798. The first-order valence-corrected chi connectivity index (χ1v) is 7.69. The van der Waals surface area contributed by atoms with E-state index in [2.05, 4.69) is 10.3 Å². The summed E-state index contributed by atoms with van der Waals surface area (Å²) in [5.74, 6) is 1.90. The van der Waals surface area contributed by atoms with E-state index in [0.29, 0.717) is 6.10 Å². The summed E-state index contributed by atoms with van der Waals surface area (Å²) in [7, 11) is 0. The lowest BCUT2D eigenvalue weighted by molar-refractivity contribution is 0.103. The lowest BCUT2D eigenvalue weighted by Gasteiger charge is -2.06. The van der Waals surface area contributed by atoms with Crippen molar-refractivity contribution < 1.29 is 9.15 Å². The minimum atomic E-state index is 0.441. The topological polar surface area (TPSA) is 47.3 Å². The predicted octanol–water partition coefficient (Wildman–Crippen LogP) is 2.47. The molecule has 1 aromatic rings. The molecular formula is C15H24N2O2. The fourth-order valence-corrected chi connectivity index (χ4v) is 2.59. The predicted molar refractivity (Wildman–Crippen MR) is 73.1 cm³/mol. The van der Waals surface area contributed by atoms with Crippen LogP contribution in [0.4, 0.5) is 0 Å².